The summed E-state index contributed by atoms with van der Waals surface area (Å²) in [7, 11) is -7.62. The summed E-state index contributed by atoms with van der Waals surface area (Å²) in [6.07, 6.45) is 3.20. The summed E-state index contributed by atoms with van der Waals surface area (Å²) in [6, 6.07) is 12.1. The van der Waals surface area contributed by atoms with Gasteiger partial charge in [0.2, 0.25) is 20.0 Å². The van der Waals surface area contributed by atoms with Crippen molar-refractivity contribution >= 4 is 31.3 Å². The van der Waals surface area contributed by atoms with Crippen LogP contribution in [0.5, 0.6) is 0 Å². The van der Waals surface area contributed by atoms with Crippen LogP contribution in [-0.2, 0) is 20.0 Å². The molecule has 0 saturated heterocycles. The Morgan fingerprint density at radius 1 is 1.07 bits per heavy atom. The van der Waals surface area contributed by atoms with Crippen molar-refractivity contribution < 1.29 is 16.8 Å². The third-order valence-corrected chi connectivity index (χ3v) is 6.39. The summed E-state index contributed by atoms with van der Waals surface area (Å²) in [6.45, 7) is -0.299. The first-order valence-corrected chi connectivity index (χ1v) is 10.9. The zero-order chi connectivity index (χ0) is 19.5. The summed E-state index contributed by atoms with van der Waals surface area (Å²) >= 11 is 0. The molecule has 3 rings (SSSR count). The maximum absolute atomic E-state index is 12.2. The molecule has 0 atom stereocenters. The van der Waals surface area contributed by atoms with Crippen LogP contribution in [0.3, 0.4) is 0 Å². The molecule has 0 unspecified atom stereocenters. The van der Waals surface area contributed by atoms with Gasteiger partial charge in [-0.3, -0.25) is 4.72 Å². The molecule has 2 heterocycles. The van der Waals surface area contributed by atoms with Gasteiger partial charge in [-0.1, -0.05) is 0 Å². The third-order valence-electron chi connectivity index (χ3n) is 3.63. The predicted octanol–water partition coefficient (Wildman–Crippen LogP) is 0.926. The standard InChI is InChI=1S/C16H15N5O4S2/c17-12-13-1-3-16(4-2-13)27(24,25)19-8-10-26(22,23)20-14-6-9-21-15(11-14)5-7-18-21/h1-7,9,11,19-20H,8,10H2. The second kappa shape index (κ2) is 7.36. The number of benzene rings is 1. The van der Waals surface area contributed by atoms with E-state index in [0.717, 1.165) is 5.52 Å². The number of anilines is 1. The number of sulfonamides is 2. The molecule has 0 saturated carbocycles. The minimum Gasteiger partial charge on any atom is -0.283 e. The second-order valence-electron chi connectivity index (χ2n) is 5.57. The lowest BCUT2D eigenvalue weighted by Gasteiger charge is -2.10. The van der Waals surface area contributed by atoms with Gasteiger partial charge in [0, 0.05) is 18.9 Å². The highest BCUT2D eigenvalue weighted by atomic mass is 32.2. The molecular weight excluding hydrogens is 390 g/mol. The van der Waals surface area contributed by atoms with Crippen LogP contribution in [0.25, 0.3) is 5.52 Å². The summed E-state index contributed by atoms with van der Waals surface area (Å²) in [5.41, 5.74) is 1.41. The molecule has 0 amide bonds. The number of nitrogens with one attached hydrogen (secondary N) is 2. The number of fused-ring (bicyclic) bond motifs is 1. The largest absolute Gasteiger partial charge is 0.283 e. The van der Waals surface area contributed by atoms with Crippen molar-refractivity contribution in [2.75, 3.05) is 17.0 Å². The van der Waals surface area contributed by atoms with E-state index in [-0.39, 0.29) is 11.4 Å². The van der Waals surface area contributed by atoms with Crippen LogP contribution in [0.4, 0.5) is 5.69 Å². The van der Waals surface area contributed by atoms with Gasteiger partial charge in [-0.25, -0.2) is 26.1 Å². The van der Waals surface area contributed by atoms with Crippen LogP contribution < -0.4 is 9.44 Å². The Morgan fingerprint density at radius 2 is 1.81 bits per heavy atom. The maximum atomic E-state index is 12.2. The molecule has 2 aromatic heterocycles. The molecular formula is C16H15N5O4S2. The lowest BCUT2D eigenvalue weighted by atomic mass is 10.2. The van der Waals surface area contributed by atoms with E-state index in [0.29, 0.717) is 11.3 Å². The highest BCUT2D eigenvalue weighted by Gasteiger charge is 2.16. The minimum absolute atomic E-state index is 0.0435. The van der Waals surface area contributed by atoms with Crippen molar-refractivity contribution in [3.8, 4) is 6.07 Å². The summed E-state index contributed by atoms with van der Waals surface area (Å²) in [5.74, 6) is -0.438. The molecule has 3 aromatic rings. The molecule has 0 spiro atoms. The molecule has 2 N–H and O–H groups in total. The Morgan fingerprint density at radius 3 is 2.52 bits per heavy atom. The molecule has 1 aromatic carbocycles. The van der Waals surface area contributed by atoms with Crippen LogP contribution in [0.15, 0.2) is 59.8 Å². The Kier molecular flexibility index (Phi) is 5.13. The van der Waals surface area contributed by atoms with Crippen LogP contribution in [0.1, 0.15) is 5.56 Å². The van der Waals surface area contributed by atoms with Crippen LogP contribution >= 0.6 is 0 Å². The number of nitriles is 1. The molecule has 0 bridgehead atoms. The lowest BCUT2D eigenvalue weighted by Crippen LogP contribution is -2.31. The number of pyridine rings is 1. The van der Waals surface area contributed by atoms with Gasteiger partial charge in [-0.15, -0.1) is 0 Å². The average molecular weight is 405 g/mol. The molecule has 0 radical (unpaired) electrons. The number of rotatable bonds is 7. The molecule has 27 heavy (non-hydrogen) atoms. The van der Waals surface area contributed by atoms with Gasteiger partial charge in [0.15, 0.2) is 0 Å². The topological polar surface area (TPSA) is 133 Å². The Hall–Kier alpha value is -2.94. The van der Waals surface area contributed by atoms with Gasteiger partial charge < -0.3 is 0 Å². The summed E-state index contributed by atoms with van der Waals surface area (Å²) < 4.78 is 54.9. The Balaban J connectivity index is 1.61. The highest BCUT2D eigenvalue weighted by molar-refractivity contribution is 7.92. The van der Waals surface area contributed by atoms with E-state index in [1.54, 1.807) is 35.1 Å². The van der Waals surface area contributed by atoms with E-state index >= 15 is 0 Å². The lowest BCUT2D eigenvalue weighted by molar-refractivity contribution is 0.582. The Labute approximate surface area is 156 Å². The van der Waals surface area contributed by atoms with Gasteiger partial charge >= 0.3 is 0 Å². The quantitative estimate of drug-likeness (QED) is 0.601. The third kappa shape index (κ3) is 4.62. The van der Waals surface area contributed by atoms with Crippen LogP contribution in [0.2, 0.25) is 0 Å². The summed E-state index contributed by atoms with van der Waals surface area (Å²) in [4.78, 5) is -0.0435. The molecule has 0 aliphatic rings. The van der Waals surface area contributed by atoms with Crippen LogP contribution in [-0.4, -0.2) is 38.7 Å². The monoisotopic (exact) mass is 405 g/mol. The van der Waals surface area contributed by atoms with Gasteiger partial charge in [-0.05, 0) is 42.5 Å². The van der Waals surface area contributed by atoms with Crippen molar-refractivity contribution in [1.82, 2.24) is 14.3 Å². The van der Waals surface area contributed by atoms with Crippen LogP contribution in [0, 0.1) is 11.3 Å². The van der Waals surface area contributed by atoms with Gasteiger partial charge in [-0.2, -0.15) is 10.4 Å². The number of nitrogens with zero attached hydrogens (tertiary/aromatic N) is 3. The van der Waals surface area contributed by atoms with E-state index in [4.69, 9.17) is 5.26 Å². The minimum atomic E-state index is -3.87. The zero-order valence-electron chi connectivity index (χ0n) is 13.9. The average Bonchev–Trinajstić information content (AvgIpc) is 3.08. The molecule has 11 heteroatoms. The van der Waals surface area contributed by atoms with Gasteiger partial charge in [0.05, 0.1) is 33.5 Å². The number of hydrogen-bond acceptors (Lipinski definition) is 6. The first-order chi connectivity index (χ1) is 12.8. The molecule has 0 aliphatic heterocycles. The normalized spacial score (nSPS) is 12.0. The van der Waals surface area contributed by atoms with Crippen molar-refractivity contribution in [2.45, 2.75) is 4.90 Å². The number of aromatic nitrogens is 2. The van der Waals surface area contributed by atoms with Gasteiger partial charge in [0.25, 0.3) is 0 Å². The van der Waals surface area contributed by atoms with E-state index in [9.17, 15) is 16.8 Å². The fraction of sp³-hybridized carbons (Fsp3) is 0.125. The fourth-order valence-electron chi connectivity index (χ4n) is 2.32. The predicted molar refractivity (Wildman–Crippen MR) is 98.9 cm³/mol. The maximum Gasteiger partial charge on any atom is 0.240 e. The van der Waals surface area contributed by atoms with Crippen molar-refractivity contribution in [3.63, 3.8) is 0 Å². The molecule has 9 nitrogen and oxygen atoms in total. The number of hydrogen-bond donors (Lipinski definition) is 2. The Bertz CT molecular complexity index is 1210. The molecule has 0 fully saturated rings. The second-order valence-corrected chi connectivity index (χ2v) is 9.18. The smallest absolute Gasteiger partial charge is 0.240 e. The summed E-state index contributed by atoms with van der Waals surface area (Å²) in [5, 5.41) is 12.8. The van der Waals surface area contributed by atoms with E-state index < -0.39 is 25.8 Å². The van der Waals surface area contributed by atoms with E-state index in [1.165, 1.54) is 24.3 Å². The first kappa shape index (κ1) is 18.8. The van der Waals surface area contributed by atoms with E-state index in [1.807, 2.05) is 6.07 Å². The van der Waals surface area contributed by atoms with Crippen molar-refractivity contribution in [1.29, 1.82) is 5.26 Å². The van der Waals surface area contributed by atoms with Crippen molar-refractivity contribution in [2.24, 2.45) is 0 Å². The first-order valence-electron chi connectivity index (χ1n) is 7.73. The highest BCUT2D eigenvalue weighted by Crippen LogP contribution is 2.13. The fourth-order valence-corrected chi connectivity index (χ4v) is 4.44. The van der Waals surface area contributed by atoms with Crippen molar-refractivity contribution in [3.05, 3.63) is 60.4 Å². The SMILES string of the molecule is N#Cc1ccc(S(=O)(=O)NCCS(=O)(=O)Nc2ccn3nccc3c2)cc1. The molecule has 140 valence electrons. The zero-order valence-corrected chi connectivity index (χ0v) is 15.5. The molecule has 0 aliphatic carbocycles. The van der Waals surface area contributed by atoms with Gasteiger partial charge in [0.1, 0.15) is 0 Å². The van der Waals surface area contributed by atoms with E-state index in [2.05, 4.69) is 14.5 Å².